The molecular weight excluding hydrogens is 723 g/mol. The van der Waals surface area contributed by atoms with E-state index in [0.29, 0.717) is 0 Å². The molecule has 0 atom stereocenters. The fourth-order valence-corrected chi connectivity index (χ4v) is 11.5. The summed E-state index contributed by atoms with van der Waals surface area (Å²) in [7, 11) is 0. The summed E-state index contributed by atoms with van der Waals surface area (Å²) in [6.07, 6.45) is 0. The lowest BCUT2D eigenvalue weighted by atomic mass is 9.58. The van der Waals surface area contributed by atoms with Crippen molar-refractivity contribution >= 4 is 80.9 Å². The van der Waals surface area contributed by atoms with E-state index in [-0.39, 0.29) is 0 Å². The molecule has 2 nitrogen and oxygen atoms in total. The van der Waals surface area contributed by atoms with Gasteiger partial charge in [-0.2, -0.15) is 0 Å². The quantitative estimate of drug-likeness (QED) is 0.178. The molecule has 0 fully saturated rings. The maximum absolute atomic E-state index is 6.69. The molecule has 10 aromatic carbocycles. The molecule has 2 heterocycles. The maximum atomic E-state index is 6.69. The van der Waals surface area contributed by atoms with Gasteiger partial charge in [0, 0.05) is 47.8 Å². The molecular formula is C55H33NOS. The van der Waals surface area contributed by atoms with E-state index >= 15 is 0 Å². The zero-order chi connectivity index (χ0) is 38.0. The second-order valence-corrected chi connectivity index (χ2v) is 16.6. The number of para-hydroxylation sites is 2. The first kappa shape index (κ1) is 31.9. The number of rotatable bonds is 3. The minimum Gasteiger partial charge on any atom is -0.457 e. The van der Waals surface area contributed by atoms with Gasteiger partial charge in [0.2, 0.25) is 0 Å². The summed E-state index contributed by atoms with van der Waals surface area (Å²) in [4.78, 5) is 2.50. The summed E-state index contributed by atoms with van der Waals surface area (Å²) in [5.74, 6) is 1.80. The van der Waals surface area contributed by atoms with Crippen LogP contribution in [0.15, 0.2) is 200 Å². The molecule has 1 aliphatic carbocycles. The zero-order valence-corrected chi connectivity index (χ0v) is 32.1. The van der Waals surface area contributed by atoms with Crippen LogP contribution in [0.25, 0.3) is 63.6 Å². The molecule has 0 bridgehead atoms. The van der Waals surface area contributed by atoms with Crippen molar-refractivity contribution in [3.8, 4) is 22.6 Å². The SMILES string of the molecule is c1ccc2c(c1)Oc1ccccc1C21c2ccccc2-c2ccc(N(c3ccc4c(c3)sc3cc5ccccc5cc34)c3cccc4ccccc34)c3cccc1c23. The first-order valence-electron chi connectivity index (χ1n) is 19.9. The summed E-state index contributed by atoms with van der Waals surface area (Å²) < 4.78 is 9.28. The molecule has 0 N–H and O–H groups in total. The number of hydrogen-bond acceptors (Lipinski definition) is 3. The van der Waals surface area contributed by atoms with Gasteiger partial charge >= 0.3 is 0 Å². The van der Waals surface area contributed by atoms with Crippen molar-refractivity contribution in [2.45, 2.75) is 5.41 Å². The molecule has 0 amide bonds. The number of nitrogens with zero attached hydrogens (tertiary/aromatic N) is 1. The van der Waals surface area contributed by atoms with Crippen LogP contribution in [0.5, 0.6) is 11.5 Å². The third-order valence-corrected chi connectivity index (χ3v) is 13.8. The van der Waals surface area contributed by atoms with E-state index in [1.807, 2.05) is 11.3 Å². The van der Waals surface area contributed by atoms with Crippen molar-refractivity contribution in [3.63, 3.8) is 0 Å². The predicted molar refractivity (Wildman–Crippen MR) is 244 cm³/mol. The Hall–Kier alpha value is -7.20. The van der Waals surface area contributed by atoms with Gasteiger partial charge in [-0.3, -0.25) is 0 Å². The van der Waals surface area contributed by atoms with E-state index in [4.69, 9.17) is 4.74 Å². The molecule has 13 rings (SSSR count). The molecule has 3 heteroatoms. The Morgan fingerprint density at radius 3 is 1.81 bits per heavy atom. The predicted octanol–water partition coefficient (Wildman–Crippen LogP) is 15.5. The van der Waals surface area contributed by atoms with Crippen LogP contribution < -0.4 is 9.64 Å². The van der Waals surface area contributed by atoms with Crippen LogP contribution >= 0.6 is 11.3 Å². The summed E-state index contributed by atoms with van der Waals surface area (Å²) in [5.41, 5.74) is 10.2. The Kier molecular flexibility index (Phi) is 6.56. The van der Waals surface area contributed by atoms with Gasteiger partial charge in [-0.15, -0.1) is 11.3 Å². The second-order valence-electron chi connectivity index (χ2n) is 15.6. The topological polar surface area (TPSA) is 12.5 Å². The maximum Gasteiger partial charge on any atom is 0.132 e. The summed E-state index contributed by atoms with van der Waals surface area (Å²) >= 11 is 1.88. The van der Waals surface area contributed by atoms with Crippen molar-refractivity contribution in [3.05, 3.63) is 222 Å². The van der Waals surface area contributed by atoms with Crippen LogP contribution in [-0.4, -0.2) is 0 Å². The van der Waals surface area contributed by atoms with Gasteiger partial charge in [0.05, 0.1) is 16.8 Å². The van der Waals surface area contributed by atoms with Crippen molar-refractivity contribution in [2.75, 3.05) is 4.90 Å². The number of thiophene rings is 1. The minimum atomic E-state index is -0.586. The Morgan fingerprint density at radius 1 is 0.379 bits per heavy atom. The largest absolute Gasteiger partial charge is 0.457 e. The van der Waals surface area contributed by atoms with Gasteiger partial charge in [-0.05, 0) is 92.3 Å². The van der Waals surface area contributed by atoms with Crippen LogP contribution in [-0.2, 0) is 5.41 Å². The van der Waals surface area contributed by atoms with E-state index in [9.17, 15) is 0 Å². The molecule has 0 radical (unpaired) electrons. The van der Waals surface area contributed by atoms with E-state index in [1.54, 1.807) is 0 Å². The van der Waals surface area contributed by atoms with Crippen LogP contribution in [0.4, 0.5) is 17.1 Å². The highest BCUT2D eigenvalue weighted by atomic mass is 32.1. The Morgan fingerprint density at radius 2 is 0.983 bits per heavy atom. The van der Waals surface area contributed by atoms with Crippen LogP contribution in [0, 0.1) is 0 Å². The molecule has 0 saturated heterocycles. The number of benzene rings is 10. The van der Waals surface area contributed by atoms with E-state index in [1.165, 1.54) is 85.9 Å². The van der Waals surface area contributed by atoms with E-state index < -0.39 is 5.41 Å². The van der Waals surface area contributed by atoms with E-state index in [0.717, 1.165) is 28.6 Å². The number of ether oxygens (including phenoxy) is 1. The molecule has 2 aliphatic rings. The minimum absolute atomic E-state index is 0.586. The molecule has 1 spiro atoms. The van der Waals surface area contributed by atoms with Crippen molar-refractivity contribution in [2.24, 2.45) is 0 Å². The average Bonchev–Trinajstić information content (AvgIpc) is 3.64. The van der Waals surface area contributed by atoms with Crippen molar-refractivity contribution in [1.82, 2.24) is 0 Å². The highest BCUT2D eigenvalue weighted by Gasteiger charge is 2.49. The lowest BCUT2D eigenvalue weighted by Crippen LogP contribution is -2.36. The molecule has 0 saturated carbocycles. The Balaban J connectivity index is 1.13. The third kappa shape index (κ3) is 4.26. The van der Waals surface area contributed by atoms with Crippen LogP contribution in [0.1, 0.15) is 22.3 Å². The first-order chi connectivity index (χ1) is 28.8. The van der Waals surface area contributed by atoms with Gasteiger partial charge in [0.25, 0.3) is 0 Å². The van der Waals surface area contributed by atoms with Gasteiger partial charge in [-0.25, -0.2) is 0 Å². The van der Waals surface area contributed by atoms with Gasteiger partial charge < -0.3 is 9.64 Å². The summed E-state index contributed by atoms with van der Waals surface area (Å²) in [6, 6.07) is 73.8. The Labute approximate surface area is 339 Å². The van der Waals surface area contributed by atoms with E-state index in [2.05, 4.69) is 205 Å². The number of anilines is 3. The van der Waals surface area contributed by atoms with Crippen LogP contribution in [0.3, 0.4) is 0 Å². The number of hydrogen-bond donors (Lipinski definition) is 0. The first-order valence-corrected chi connectivity index (χ1v) is 20.7. The molecule has 270 valence electrons. The van der Waals surface area contributed by atoms with Gasteiger partial charge in [-0.1, -0.05) is 152 Å². The third-order valence-electron chi connectivity index (χ3n) is 12.7. The monoisotopic (exact) mass is 755 g/mol. The molecule has 1 aromatic heterocycles. The highest BCUT2D eigenvalue weighted by Crippen LogP contribution is 2.62. The van der Waals surface area contributed by atoms with Gasteiger partial charge in [0.15, 0.2) is 0 Å². The molecule has 11 aromatic rings. The average molecular weight is 756 g/mol. The number of fused-ring (bicyclic) bond motifs is 13. The Bertz CT molecular complexity index is 3470. The molecule has 58 heavy (non-hydrogen) atoms. The second kappa shape index (κ2) is 11.9. The lowest BCUT2D eigenvalue weighted by molar-refractivity contribution is 0.435. The van der Waals surface area contributed by atoms with Crippen LogP contribution in [0.2, 0.25) is 0 Å². The summed E-state index contributed by atoms with van der Waals surface area (Å²) in [6.45, 7) is 0. The highest BCUT2D eigenvalue weighted by molar-refractivity contribution is 7.26. The molecule has 0 unspecified atom stereocenters. The van der Waals surface area contributed by atoms with Crippen molar-refractivity contribution < 1.29 is 4.74 Å². The fraction of sp³-hybridized carbons (Fsp3) is 0.0182. The van der Waals surface area contributed by atoms with Gasteiger partial charge in [0.1, 0.15) is 11.5 Å². The normalized spacial score (nSPS) is 13.4. The van der Waals surface area contributed by atoms with Crippen molar-refractivity contribution in [1.29, 1.82) is 0 Å². The standard InChI is InChI=1S/C55H33NOS/c1-2-15-36-32-52-43(31-35(36)14-1)40-28-27-37(33-53(40)58-52)56(48-24-11-16-34-13-3-4-17-38(34)48)49-30-29-41-39-18-5-6-20-44(39)55(47-23-12-19-42(49)54(41)47)45-21-7-9-25-50(45)57-51-26-10-8-22-46(51)55/h1-33H. The smallest absolute Gasteiger partial charge is 0.132 e. The summed E-state index contributed by atoms with van der Waals surface area (Å²) in [5, 5.41) is 10.1. The zero-order valence-electron chi connectivity index (χ0n) is 31.3. The lowest BCUT2D eigenvalue weighted by Gasteiger charge is -2.45. The molecule has 1 aliphatic heterocycles. The fourth-order valence-electron chi connectivity index (χ4n) is 10.3.